The SMILES string of the molecule is COCCN(CCC(=N)N)S(=O)(=O)CCC1CC1. The molecule has 0 bridgehead atoms. The van der Waals surface area contributed by atoms with Gasteiger partial charge in [-0.05, 0) is 12.3 Å². The van der Waals surface area contributed by atoms with Crippen LogP contribution in [0.15, 0.2) is 0 Å². The highest BCUT2D eigenvalue weighted by Gasteiger charge is 2.27. The van der Waals surface area contributed by atoms with Gasteiger partial charge in [-0.15, -0.1) is 0 Å². The predicted octanol–water partition coefficient (Wildman–Crippen LogP) is 0.391. The van der Waals surface area contributed by atoms with Crippen LogP contribution in [0.5, 0.6) is 0 Å². The third kappa shape index (κ3) is 5.79. The minimum atomic E-state index is -3.24. The zero-order chi connectivity index (χ0) is 13.6. The highest BCUT2D eigenvalue weighted by atomic mass is 32.2. The van der Waals surface area contributed by atoms with Crippen molar-refractivity contribution in [3.63, 3.8) is 0 Å². The number of nitrogens with zero attached hydrogens (tertiary/aromatic N) is 1. The number of nitrogens with one attached hydrogen (secondary N) is 1. The van der Waals surface area contributed by atoms with Crippen molar-refractivity contribution in [3.8, 4) is 0 Å². The maximum Gasteiger partial charge on any atom is 0.214 e. The van der Waals surface area contributed by atoms with Crippen molar-refractivity contribution < 1.29 is 13.2 Å². The summed E-state index contributed by atoms with van der Waals surface area (Å²) in [6.07, 6.45) is 3.32. The van der Waals surface area contributed by atoms with Gasteiger partial charge in [-0.25, -0.2) is 8.42 Å². The topological polar surface area (TPSA) is 96.5 Å². The molecule has 3 N–H and O–H groups in total. The lowest BCUT2D eigenvalue weighted by atomic mass is 10.3. The molecule has 6 nitrogen and oxygen atoms in total. The third-order valence-corrected chi connectivity index (χ3v) is 4.95. The molecule has 0 aromatic heterocycles. The van der Waals surface area contributed by atoms with Crippen LogP contribution in [0, 0.1) is 11.3 Å². The van der Waals surface area contributed by atoms with Crippen molar-refractivity contribution in [1.82, 2.24) is 4.31 Å². The highest BCUT2D eigenvalue weighted by Crippen LogP contribution is 2.32. The average molecular weight is 277 g/mol. The number of hydrogen-bond acceptors (Lipinski definition) is 4. The molecule has 1 saturated carbocycles. The molecule has 106 valence electrons. The summed E-state index contributed by atoms with van der Waals surface area (Å²) in [6, 6.07) is 0. The van der Waals surface area contributed by atoms with E-state index in [0.717, 1.165) is 19.3 Å². The van der Waals surface area contributed by atoms with E-state index in [2.05, 4.69) is 0 Å². The van der Waals surface area contributed by atoms with Gasteiger partial charge in [0.15, 0.2) is 0 Å². The first-order chi connectivity index (χ1) is 8.45. The Labute approximate surface area is 109 Å². The molecule has 1 fully saturated rings. The van der Waals surface area contributed by atoms with E-state index in [9.17, 15) is 8.42 Å². The van der Waals surface area contributed by atoms with Gasteiger partial charge in [0.25, 0.3) is 0 Å². The molecule has 1 aliphatic carbocycles. The normalized spacial score (nSPS) is 16.1. The molecular weight excluding hydrogens is 254 g/mol. The Hall–Kier alpha value is -0.660. The van der Waals surface area contributed by atoms with Crippen LogP contribution in [0.3, 0.4) is 0 Å². The number of amidine groups is 1. The molecule has 0 spiro atoms. The van der Waals surface area contributed by atoms with Gasteiger partial charge in [0.1, 0.15) is 0 Å². The first-order valence-electron chi connectivity index (χ1n) is 6.25. The quantitative estimate of drug-likeness (QED) is 0.446. The fraction of sp³-hybridized carbons (Fsp3) is 0.909. The smallest absolute Gasteiger partial charge is 0.214 e. The van der Waals surface area contributed by atoms with E-state index < -0.39 is 10.0 Å². The lowest BCUT2D eigenvalue weighted by Gasteiger charge is -2.21. The number of ether oxygens (including phenoxy) is 1. The molecule has 0 heterocycles. The summed E-state index contributed by atoms with van der Waals surface area (Å²) < 4.78 is 30.6. The van der Waals surface area contributed by atoms with Crippen LogP contribution in [-0.2, 0) is 14.8 Å². The summed E-state index contributed by atoms with van der Waals surface area (Å²) in [7, 11) is -1.70. The molecule has 18 heavy (non-hydrogen) atoms. The largest absolute Gasteiger partial charge is 0.388 e. The predicted molar refractivity (Wildman–Crippen MR) is 71.1 cm³/mol. The van der Waals surface area contributed by atoms with E-state index >= 15 is 0 Å². The number of hydrogen-bond donors (Lipinski definition) is 2. The van der Waals surface area contributed by atoms with E-state index in [0.29, 0.717) is 19.1 Å². The number of rotatable bonds is 10. The van der Waals surface area contributed by atoms with Gasteiger partial charge in [-0.3, -0.25) is 5.41 Å². The number of methoxy groups -OCH3 is 1. The summed E-state index contributed by atoms with van der Waals surface area (Å²) in [5.74, 6) is 0.797. The van der Waals surface area contributed by atoms with Crippen molar-refractivity contribution in [2.24, 2.45) is 11.7 Å². The molecule has 7 heteroatoms. The van der Waals surface area contributed by atoms with Crippen LogP contribution in [-0.4, -0.2) is 51.1 Å². The zero-order valence-electron chi connectivity index (χ0n) is 10.9. The minimum absolute atomic E-state index is 0.00908. The Morgan fingerprint density at radius 1 is 1.44 bits per heavy atom. The van der Waals surface area contributed by atoms with Gasteiger partial charge >= 0.3 is 0 Å². The second-order valence-electron chi connectivity index (χ2n) is 4.72. The fourth-order valence-electron chi connectivity index (χ4n) is 1.68. The van der Waals surface area contributed by atoms with E-state index in [1.54, 1.807) is 7.11 Å². The second-order valence-corrected chi connectivity index (χ2v) is 6.80. The lowest BCUT2D eigenvalue weighted by molar-refractivity contribution is 0.179. The fourth-order valence-corrected chi connectivity index (χ4v) is 3.29. The number of nitrogens with two attached hydrogens (primary N) is 1. The van der Waals surface area contributed by atoms with Gasteiger partial charge in [-0.2, -0.15) is 4.31 Å². The summed E-state index contributed by atoms with van der Waals surface area (Å²) in [5, 5.41) is 7.17. The molecule has 0 amide bonds. The summed E-state index contributed by atoms with van der Waals surface area (Å²) in [4.78, 5) is 0. The molecule has 0 saturated heterocycles. The molecule has 0 unspecified atom stereocenters. The van der Waals surface area contributed by atoms with Gasteiger partial charge in [0, 0.05) is 26.6 Å². The van der Waals surface area contributed by atoms with Crippen molar-refractivity contribution in [1.29, 1.82) is 5.41 Å². The standard InChI is InChI=1S/C11H23N3O3S/c1-17-8-7-14(6-4-11(12)13)18(15,16)9-5-10-2-3-10/h10H,2-9H2,1H3,(H3,12,13). The molecule has 0 aromatic rings. The maximum absolute atomic E-state index is 12.1. The van der Waals surface area contributed by atoms with Crippen LogP contribution < -0.4 is 5.73 Å². The van der Waals surface area contributed by atoms with Gasteiger partial charge in [-0.1, -0.05) is 12.8 Å². The van der Waals surface area contributed by atoms with Crippen LogP contribution in [0.2, 0.25) is 0 Å². The van der Waals surface area contributed by atoms with Crippen LogP contribution in [0.25, 0.3) is 0 Å². The third-order valence-electron chi connectivity index (χ3n) is 3.05. The molecule has 0 aliphatic heterocycles. The monoisotopic (exact) mass is 277 g/mol. The Morgan fingerprint density at radius 2 is 2.11 bits per heavy atom. The van der Waals surface area contributed by atoms with Crippen molar-refractivity contribution in [2.75, 3.05) is 32.6 Å². The molecule has 0 aromatic carbocycles. The van der Waals surface area contributed by atoms with E-state index in [4.69, 9.17) is 15.9 Å². The Kier molecular flexibility index (Phi) is 6.04. The highest BCUT2D eigenvalue weighted by molar-refractivity contribution is 7.89. The summed E-state index contributed by atoms with van der Waals surface area (Å²) in [5.41, 5.74) is 5.28. The zero-order valence-corrected chi connectivity index (χ0v) is 11.7. The molecular formula is C11H23N3O3S. The first-order valence-corrected chi connectivity index (χ1v) is 7.86. The van der Waals surface area contributed by atoms with Crippen LogP contribution in [0.1, 0.15) is 25.7 Å². The Bertz CT molecular complexity index is 366. The van der Waals surface area contributed by atoms with Crippen molar-refractivity contribution in [2.45, 2.75) is 25.7 Å². The Morgan fingerprint density at radius 3 is 2.61 bits per heavy atom. The molecule has 1 rings (SSSR count). The van der Waals surface area contributed by atoms with E-state index in [1.165, 1.54) is 4.31 Å². The van der Waals surface area contributed by atoms with Gasteiger partial charge < -0.3 is 10.5 Å². The lowest BCUT2D eigenvalue weighted by Crippen LogP contribution is -2.37. The van der Waals surface area contributed by atoms with Gasteiger partial charge in [0.05, 0.1) is 18.2 Å². The van der Waals surface area contributed by atoms with Gasteiger partial charge in [0.2, 0.25) is 10.0 Å². The molecule has 1 aliphatic rings. The van der Waals surface area contributed by atoms with Crippen LogP contribution in [0.4, 0.5) is 0 Å². The van der Waals surface area contributed by atoms with Crippen molar-refractivity contribution >= 4 is 15.9 Å². The minimum Gasteiger partial charge on any atom is -0.388 e. The summed E-state index contributed by atoms with van der Waals surface area (Å²) in [6.45, 7) is 0.961. The average Bonchev–Trinajstić information content (AvgIpc) is 3.09. The first kappa shape index (κ1) is 15.4. The van der Waals surface area contributed by atoms with E-state index in [-0.39, 0.29) is 24.6 Å². The molecule has 0 atom stereocenters. The molecule has 0 radical (unpaired) electrons. The second kappa shape index (κ2) is 7.06. The van der Waals surface area contributed by atoms with Crippen molar-refractivity contribution in [3.05, 3.63) is 0 Å². The van der Waals surface area contributed by atoms with E-state index in [1.807, 2.05) is 0 Å². The maximum atomic E-state index is 12.1. The van der Waals surface area contributed by atoms with Crippen LogP contribution >= 0.6 is 0 Å². The Balaban J connectivity index is 2.50. The number of sulfonamides is 1. The summed E-state index contributed by atoms with van der Waals surface area (Å²) >= 11 is 0.